The average molecular weight is 369 g/mol. The number of aromatic nitrogens is 1. The van der Waals surface area contributed by atoms with Crippen LogP contribution in [-0.2, 0) is 17.8 Å². The van der Waals surface area contributed by atoms with Crippen molar-refractivity contribution in [2.75, 3.05) is 31.8 Å². The van der Waals surface area contributed by atoms with Crippen molar-refractivity contribution >= 4 is 23.4 Å². The second-order valence-electron chi connectivity index (χ2n) is 6.26. The minimum absolute atomic E-state index is 0.132. The highest BCUT2D eigenvalue weighted by molar-refractivity contribution is 8.00. The number of anilines is 1. The molecule has 2 N–H and O–H groups in total. The van der Waals surface area contributed by atoms with Crippen LogP contribution in [0.1, 0.15) is 16.8 Å². The van der Waals surface area contributed by atoms with Gasteiger partial charge in [0.15, 0.2) is 0 Å². The second-order valence-corrected chi connectivity index (χ2v) is 7.22. The average Bonchev–Trinajstić information content (AvgIpc) is 2.66. The Labute approximate surface area is 157 Å². The molecule has 7 heteroatoms. The number of nitriles is 1. The third-order valence-electron chi connectivity index (χ3n) is 4.27. The topological polar surface area (TPSA) is 79.4 Å². The van der Waals surface area contributed by atoms with Crippen molar-refractivity contribution in [1.29, 1.82) is 5.26 Å². The summed E-state index contributed by atoms with van der Waals surface area (Å²) in [7, 11) is 3.74. The Bertz CT molecular complexity index is 846. The number of hydrogen-bond donors (Lipinski definition) is 2. The zero-order valence-electron chi connectivity index (χ0n) is 14.8. The number of quaternary nitrogens is 1. The number of amides is 1. The van der Waals surface area contributed by atoms with E-state index in [0.717, 1.165) is 36.5 Å². The third kappa shape index (κ3) is 4.34. The number of thioether (sulfide) groups is 1. The molecule has 1 aliphatic rings. The van der Waals surface area contributed by atoms with Gasteiger partial charge in [0.05, 0.1) is 37.7 Å². The smallest absolute Gasteiger partial charge is 0.234 e. The normalized spacial score (nSPS) is 15.7. The molecule has 1 aromatic carbocycles. The second kappa shape index (κ2) is 8.21. The number of pyridine rings is 1. The number of ether oxygens (including phenoxy) is 1. The van der Waals surface area contributed by atoms with Gasteiger partial charge in [-0.3, -0.25) is 4.79 Å². The standard InChI is InChI=1S/C19H20N4O2S/c1-23-8-7-17-14(11-23)9-13(10-20)19(22-17)26-12-18(24)21-15-3-5-16(25-2)6-4-15/h3-6,9H,7-8,11-12H2,1-2H3,(H,21,24)/p+1. The van der Waals surface area contributed by atoms with E-state index in [1.165, 1.54) is 16.7 Å². The first-order chi connectivity index (χ1) is 12.6. The van der Waals surface area contributed by atoms with Crippen LogP contribution >= 0.6 is 11.8 Å². The van der Waals surface area contributed by atoms with E-state index >= 15 is 0 Å². The number of methoxy groups -OCH3 is 1. The first-order valence-corrected chi connectivity index (χ1v) is 9.38. The van der Waals surface area contributed by atoms with Crippen molar-refractivity contribution in [2.24, 2.45) is 0 Å². The van der Waals surface area contributed by atoms with Gasteiger partial charge >= 0.3 is 0 Å². The van der Waals surface area contributed by atoms with Gasteiger partial charge in [-0.1, -0.05) is 11.8 Å². The number of carbonyl (C=O) groups excluding carboxylic acids is 1. The molecule has 2 aromatic rings. The summed E-state index contributed by atoms with van der Waals surface area (Å²) in [5.41, 5.74) is 3.44. The van der Waals surface area contributed by atoms with Crippen molar-refractivity contribution in [1.82, 2.24) is 4.98 Å². The molecule has 0 saturated carbocycles. The minimum Gasteiger partial charge on any atom is -0.497 e. The molecule has 6 nitrogen and oxygen atoms in total. The van der Waals surface area contributed by atoms with Crippen LogP contribution in [-0.4, -0.2) is 37.3 Å². The fourth-order valence-corrected chi connectivity index (χ4v) is 3.66. The van der Waals surface area contributed by atoms with E-state index in [4.69, 9.17) is 4.74 Å². The van der Waals surface area contributed by atoms with Gasteiger partial charge in [0.25, 0.3) is 0 Å². The summed E-state index contributed by atoms with van der Waals surface area (Å²) in [6.45, 7) is 1.92. The van der Waals surface area contributed by atoms with Gasteiger partial charge in [-0.25, -0.2) is 4.98 Å². The Balaban J connectivity index is 1.65. The number of fused-ring (bicyclic) bond motifs is 1. The van der Waals surface area contributed by atoms with Crippen LogP contribution in [0, 0.1) is 11.3 Å². The molecule has 1 aromatic heterocycles. The highest BCUT2D eigenvalue weighted by atomic mass is 32.2. The summed E-state index contributed by atoms with van der Waals surface area (Å²) < 4.78 is 5.10. The van der Waals surface area contributed by atoms with Crippen molar-refractivity contribution < 1.29 is 14.4 Å². The van der Waals surface area contributed by atoms with Gasteiger partial charge < -0.3 is 15.0 Å². The number of rotatable bonds is 5. The number of benzene rings is 1. The van der Waals surface area contributed by atoms with Crippen LogP contribution in [0.25, 0.3) is 0 Å². The highest BCUT2D eigenvalue weighted by Gasteiger charge is 2.20. The molecule has 3 rings (SSSR count). The summed E-state index contributed by atoms with van der Waals surface area (Å²) in [5.74, 6) is 0.812. The van der Waals surface area contributed by atoms with E-state index in [0.29, 0.717) is 16.3 Å². The molecule has 1 atom stereocenters. The van der Waals surface area contributed by atoms with Gasteiger partial charge in [-0.15, -0.1) is 0 Å². The van der Waals surface area contributed by atoms with Crippen LogP contribution in [0.15, 0.2) is 35.4 Å². The molecule has 0 saturated heterocycles. The van der Waals surface area contributed by atoms with E-state index in [-0.39, 0.29) is 11.7 Å². The van der Waals surface area contributed by atoms with Crippen molar-refractivity contribution in [3.05, 3.63) is 47.2 Å². The number of likely N-dealkylation sites (N-methyl/N-ethyl adjacent to an activating group) is 1. The molecular formula is C19H21N4O2S+. The molecule has 0 spiro atoms. The lowest BCUT2D eigenvalue weighted by Gasteiger charge is -2.22. The van der Waals surface area contributed by atoms with Gasteiger partial charge in [-0.2, -0.15) is 5.26 Å². The molecule has 1 unspecified atom stereocenters. The lowest BCUT2D eigenvalue weighted by molar-refractivity contribution is -0.895. The van der Waals surface area contributed by atoms with E-state index < -0.39 is 0 Å². The Kier molecular flexibility index (Phi) is 5.76. The molecule has 1 amide bonds. The van der Waals surface area contributed by atoms with Gasteiger partial charge in [0.1, 0.15) is 23.4 Å². The predicted octanol–water partition coefficient (Wildman–Crippen LogP) is 1.26. The lowest BCUT2D eigenvalue weighted by atomic mass is 10.0. The zero-order valence-corrected chi connectivity index (χ0v) is 15.7. The van der Waals surface area contributed by atoms with Crippen LogP contribution < -0.4 is 15.0 Å². The quantitative estimate of drug-likeness (QED) is 0.776. The minimum atomic E-state index is -0.132. The molecule has 26 heavy (non-hydrogen) atoms. The predicted molar refractivity (Wildman–Crippen MR) is 100 cm³/mol. The number of nitrogens with zero attached hydrogens (tertiary/aromatic N) is 2. The van der Waals surface area contributed by atoms with Crippen LogP contribution in [0.3, 0.4) is 0 Å². The SMILES string of the molecule is COc1ccc(NC(=O)CSc2nc3c(cc2C#N)C[NH+](C)CC3)cc1. The molecular weight excluding hydrogens is 348 g/mol. The Morgan fingerprint density at radius 3 is 2.88 bits per heavy atom. The monoisotopic (exact) mass is 369 g/mol. The maximum atomic E-state index is 12.2. The van der Waals surface area contributed by atoms with Gasteiger partial charge in [0, 0.05) is 17.7 Å². The van der Waals surface area contributed by atoms with E-state index in [1.807, 2.05) is 6.07 Å². The van der Waals surface area contributed by atoms with E-state index in [2.05, 4.69) is 23.4 Å². The van der Waals surface area contributed by atoms with E-state index in [1.54, 1.807) is 31.4 Å². The summed E-state index contributed by atoms with van der Waals surface area (Å²) in [6, 6.07) is 11.3. The maximum absolute atomic E-state index is 12.2. The molecule has 0 fully saturated rings. The lowest BCUT2D eigenvalue weighted by Crippen LogP contribution is -3.08. The van der Waals surface area contributed by atoms with E-state index in [9.17, 15) is 10.1 Å². The summed E-state index contributed by atoms with van der Waals surface area (Å²) in [5, 5.41) is 12.9. The molecule has 0 bridgehead atoms. The summed E-state index contributed by atoms with van der Waals surface area (Å²) in [4.78, 5) is 18.3. The van der Waals surface area contributed by atoms with Crippen molar-refractivity contribution in [2.45, 2.75) is 18.0 Å². The molecule has 1 aliphatic heterocycles. The van der Waals surface area contributed by atoms with Crippen LogP contribution in [0.2, 0.25) is 0 Å². The first kappa shape index (κ1) is 18.2. The van der Waals surface area contributed by atoms with Crippen LogP contribution in [0.5, 0.6) is 5.75 Å². The number of hydrogen-bond acceptors (Lipinski definition) is 5. The fraction of sp³-hybridized carbons (Fsp3) is 0.316. The number of nitrogens with one attached hydrogen (secondary N) is 2. The zero-order chi connectivity index (χ0) is 18.5. The highest BCUT2D eigenvalue weighted by Crippen LogP contribution is 2.24. The maximum Gasteiger partial charge on any atom is 0.234 e. The van der Waals surface area contributed by atoms with Crippen molar-refractivity contribution in [3.63, 3.8) is 0 Å². The Morgan fingerprint density at radius 2 is 2.19 bits per heavy atom. The van der Waals surface area contributed by atoms with Crippen LogP contribution in [0.4, 0.5) is 5.69 Å². The third-order valence-corrected chi connectivity index (χ3v) is 5.26. The fourth-order valence-electron chi connectivity index (χ4n) is 2.88. The summed E-state index contributed by atoms with van der Waals surface area (Å²) >= 11 is 1.30. The first-order valence-electron chi connectivity index (χ1n) is 8.40. The molecule has 0 aliphatic carbocycles. The Hall–Kier alpha value is -2.56. The number of carbonyl (C=O) groups is 1. The van der Waals surface area contributed by atoms with Gasteiger partial charge in [0.2, 0.25) is 5.91 Å². The van der Waals surface area contributed by atoms with Gasteiger partial charge in [-0.05, 0) is 30.3 Å². The largest absolute Gasteiger partial charge is 0.497 e. The molecule has 0 radical (unpaired) electrons. The van der Waals surface area contributed by atoms with Crippen molar-refractivity contribution in [3.8, 4) is 11.8 Å². The Morgan fingerprint density at radius 1 is 1.42 bits per heavy atom. The summed E-state index contributed by atoms with van der Waals surface area (Å²) in [6.07, 6.45) is 0.901. The molecule has 134 valence electrons. The molecule has 2 heterocycles.